The fourth-order valence-electron chi connectivity index (χ4n) is 1.77. The van der Waals surface area contributed by atoms with Crippen molar-refractivity contribution in [2.75, 3.05) is 5.32 Å². The molecule has 0 atom stereocenters. The quantitative estimate of drug-likeness (QED) is 0.508. The molecule has 6 heteroatoms. The van der Waals surface area contributed by atoms with Gasteiger partial charge in [-0.25, -0.2) is 5.43 Å². The molecule has 2 aromatic rings. The van der Waals surface area contributed by atoms with Gasteiger partial charge in [-0.15, -0.1) is 0 Å². The molecule has 2 aromatic carbocycles. The van der Waals surface area contributed by atoms with Crippen molar-refractivity contribution in [3.63, 3.8) is 0 Å². The number of benzene rings is 2. The van der Waals surface area contributed by atoms with Gasteiger partial charge in [-0.2, -0.15) is 5.10 Å². The number of nitrogens with one attached hydrogen (secondary N) is 2. The molecule has 0 heterocycles. The summed E-state index contributed by atoms with van der Waals surface area (Å²) in [5.74, 6) is -1.69. The van der Waals surface area contributed by atoms with Gasteiger partial charge < -0.3 is 5.32 Å². The predicted octanol–water partition coefficient (Wildman–Crippen LogP) is 3.40. The topological polar surface area (TPSA) is 70.6 Å². The van der Waals surface area contributed by atoms with E-state index in [2.05, 4.69) is 15.8 Å². The van der Waals surface area contributed by atoms with Gasteiger partial charge in [-0.3, -0.25) is 9.59 Å². The van der Waals surface area contributed by atoms with E-state index in [0.717, 1.165) is 11.1 Å². The van der Waals surface area contributed by atoms with Crippen LogP contribution in [0, 0.1) is 6.92 Å². The number of hydrogen-bond donors (Lipinski definition) is 2. The van der Waals surface area contributed by atoms with E-state index in [1.54, 1.807) is 24.3 Å². The Morgan fingerprint density at radius 3 is 2.54 bits per heavy atom. The minimum absolute atomic E-state index is 0.443. The molecule has 0 spiro atoms. The second-order valence-electron chi connectivity index (χ2n) is 4.91. The van der Waals surface area contributed by atoms with Crippen LogP contribution in [-0.4, -0.2) is 18.0 Å². The first-order valence-electron chi connectivity index (χ1n) is 7.18. The number of rotatable bonds is 4. The molecule has 0 radical (unpaired) electrons. The largest absolute Gasteiger partial charge is 0.329 e. The van der Waals surface area contributed by atoms with Gasteiger partial charge in [-0.05, 0) is 36.3 Å². The van der Waals surface area contributed by atoms with Crippen molar-refractivity contribution in [3.8, 4) is 0 Å². The highest BCUT2D eigenvalue weighted by Gasteiger charge is 2.13. The molecule has 5 nitrogen and oxygen atoms in total. The molecule has 0 bridgehead atoms. The van der Waals surface area contributed by atoms with Crippen molar-refractivity contribution >= 4 is 41.4 Å². The van der Waals surface area contributed by atoms with Gasteiger partial charge in [0.15, 0.2) is 0 Å². The Labute approximate surface area is 145 Å². The highest BCUT2D eigenvalue weighted by Crippen LogP contribution is 2.19. The van der Waals surface area contributed by atoms with Crippen molar-refractivity contribution in [3.05, 3.63) is 70.8 Å². The number of amides is 2. The molecule has 0 aliphatic rings. The van der Waals surface area contributed by atoms with Gasteiger partial charge in [0.25, 0.3) is 0 Å². The summed E-state index contributed by atoms with van der Waals surface area (Å²) in [6.45, 7) is 1.85. The van der Waals surface area contributed by atoms with Gasteiger partial charge in [0.2, 0.25) is 0 Å². The van der Waals surface area contributed by atoms with E-state index in [-0.39, 0.29) is 0 Å². The zero-order valence-corrected chi connectivity index (χ0v) is 13.7. The lowest BCUT2D eigenvalue weighted by atomic mass is 10.2. The summed E-state index contributed by atoms with van der Waals surface area (Å²) in [5, 5.41) is 6.64. The van der Waals surface area contributed by atoms with Gasteiger partial charge in [0, 0.05) is 16.9 Å². The smallest absolute Gasteiger partial charge is 0.318 e. The number of anilines is 1. The lowest BCUT2D eigenvalue weighted by molar-refractivity contribution is -0.136. The van der Waals surface area contributed by atoms with Crippen LogP contribution in [0.5, 0.6) is 0 Å². The van der Waals surface area contributed by atoms with Crippen LogP contribution >= 0.6 is 11.6 Å². The van der Waals surface area contributed by atoms with E-state index in [9.17, 15) is 9.59 Å². The maximum Gasteiger partial charge on any atom is 0.329 e. The minimum atomic E-state index is -0.865. The van der Waals surface area contributed by atoms with E-state index in [1.807, 2.05) is 43.3 Å². The Hall–Kier alpha value is -2.92. The second kappa shape index (κ2) is 8.64. The van der Waals surface area contributed by atoms with E-state index in [0.29, 0.717) is 10.7 Å². The summed E-state index contributed by atoms with van der Waals surface area (Å²) >= 11 is 5.96. The fourth-order valence-corrected chi connectivity index (χ4v) is 1.95. The molecule has 0 unspecified atom stereocenters. The number of hydrogen-bond acceptors (Lipinski definition) is 3. The number of halogens is 1. The lowest BCUT2D eigenvalue weighted by Gasteiger charge is -2.05. The minimum Gasteiger partial charge on any atom is -0.318 e. The highest BCUT2D eigenvalue weighted by atomic mass is 35.5. The van der Waals surface area contributed by atoms with Crippen LogP contribution in [0.15, 0.2) is 59.7 Å². The molecular formula is C18H16ClN3O2. The molecule has 0 saturated heterocycles. The summed E-state index contributed by atoms with van der Waals surface area (Å²) in [7, 11) is 0. The Bertz CT molecular complexity index is 786. The van der Waals surface area contributed by atoms with Crippen molar-refractivity contribution in [2.24, 2.45) is 5.10 Å². The first-order valence-corrected chi connectivity index (χ1v) is 7.56. The summed E-state index contributed by atoms with van der Waals surface area (Å²) in [6, 6.07) is 14.6. The maximum atomic E-state index is 11.7. The Balaban J connectivity index is 1.83. The Morgan fingerprint density at radius 1 is 1.08 bits per heavy atom. The first kappa shape index (κ1) is 17.4. The van der Waals surface area contributed by atoms with E-state index in [4.69, 9.17) is 11.6 Å². The van der Waals surface area contributed by atoms with Gasteiger partial charge in [0.1, 0.15) is 0 Å². The molecule has 122 valence electrons. The molecule has 2 N–H and O–H groups in total. The summed E-state index contributed by atoms with van der Waals surface area (Å²) in [6.07, 6.45) is 4.87. The monoisotopic (exact) mass is 341 g/mol. The summed E-state index contributed by atoms with van der Waals surface area (Å²) in [5.41, 5.74) is 4.48. The third-order valence-electron chi connectivity index (χ3n) is 3.05. The average molecular weight is 342 g/mol. The van der Waals surface area contributed by atoms with Crippen LogP contribution < -0.4 is 10.7 Å². The average Bonchev–Trinajstić information content (AvgIpc) is 2.58. The molecule has 0 saturated carbocycles. The zero-order valence-electron chi connectivity index (χ0n) is 13.0. The van der Waals surface area contributed by atoms with E-state index < -0.39 is 11.8 Å². The second-order valence-corrected chi connectivity index (χ2v) is 5.31. The van der Waals surface area contributed by atoms with Crippen LogP contribution in [0.25, 0.3) is 6.08 Å². The van der Waals surface area contributed by atoms with Crippen molar-refractivity contribution in [1.82, 2.24) is 5.43 Å². The number of carbonyl (C=O) groups excluding carboxylic acids is 2. The zero-order chi connectivity index (χ0) is 17.4. The Morgan fingerprint density at radius 2 is 1.83 bits per heavy atom. The predicted molar refractivity (Wildman–Crippen MR) is 96.9 cm³/mol. The number of allylic oxidation sites excluding steroid dienone is 1. The number of aryl methyl sites for hydroxylation is 1. The van der Waals surface area contributed by atoms with Crippen LogP contribution in [0.3, 0.4) is 0 Å². The summed E-state index contributed by atoms with van der Waals surface area (Å²) < 4.78 is 0. The standard InChI is InChI=1S/C18H16ClN3O2/c1-13-9-10-15(12-16(13)19)21-17(23)18(24)22-20-11-5-8-14-6-3-2-4-7-14/h2-12H,1H3,(H,21,23)(H,22,24). The van der Waals surface area contributed by atoms with Crippen molar-refractivity contribution in [2.45, 2.75) is 6.92 Å². The molecule has 0 aromatic heterocycles. The number of nitrogens with zero attached hydrogens (tertiary/aromatic N) is 1. The molecule has 24 heavy (non-hydrogen) atoms. The third kappa shape index (κ3) is 5.37. The van der Waals surface area contributed by atoms with E-state index in [1.165, 1.54) is 6.21 Å². The molecule has 0 fully saturated rings. The van der Waals surface area contributed by atoms with Gasteiger partial charge in [0.05, 0.1) is 0 Å². The normalized spacial score (nSPS) is 10.9. The molecule has 2 amide bonds. The molecular weight excluding hydrogens is 326 g/mol. The molecule has 0 aliphatic carbocycles. The molecule has 2 rings (SSSR count). The Kier molecular flexibility index (Phi) is 6.28. The van der Waals surface area contributed by atoms with Crippen molar-refractivity contribution < 1.29 is 9.59 Å². The third-order valence-corrected chi connectivity index (χ3v) is 3.46. The highest BCUT2D eigenvalue weighted by molar-refractivity contribution is 6.39. The van der Waals surface area contributed by atoms with E-state index >= 15 is 0 Å². The SMILES string of the molecule is Cc1ccc(NC(=O)C(=O)NN=CC=Cc2ccccc2)cc1Cl. The van der Waals surface area contributed by atoms with Gasteiger partial charge in [-0.1, -0.05) is 54.1 Å². The first-order chi connectivity index (χ1) is 11.6. The van der Waals surface area contributed by atoms with Crippen LogP contribution in [0.2, 0.25) is 5.02 Å². The van der Waals surface area contributed by atoms with Crippen LogP contribution in [-0.2, 0) is 9.59 Å². The van der Waals surface area contributed by atoms with Crippen LogP contribution in [0.1, 0.15) is 11.1 Å². The molecule has 0 aliphatic heterocycles. The van der Waals surface area contributed by atoms with Gasteiger partial charge >= 0.3 is 11.8 Å². The number of carbonyl (C=O) groups is 2. The van der Waals surface area contributed by atoms with Crippen LogP contribution in [0.4, 0.5) is 5.69 Å². The summed E-state index contributed by atoms with van der Waals surface area (Å²) in [4.78, 5) is 23.4. The lowest BCUT2D eigenvalue weighted by Crippen LogP contribution is -2.32. The number of hydrazone groups is 1. The van der Waals surface area contributed by atoms with Crippen molar-refractivity contribution in [1.29, 1.82) is 0 Å². The maximum absolute atomic E-state index is 11.7. The fraction of sp³-hybridized carbons (Fsp3) is 0.0556.